The SMILES string of the molecule is CCCOc1ccc(/C=C/C(=O)Nc2cc(S(=O)(=O)N(C)C)ccc2C)cc1. The smallest absolute Gasteiger partial charge is 0.248 e. The quantitative estimate of drug-likeness (QED) is 0.684. The Labute approximate surface area is 166 Å². The summed E-state index contributed by atoms with van der Waals surface area (Å²) in [5, 5.41) is 2.74. The fourth-order valence-electron chi connectivity index (χ4n) is 2.35. The molecule has 0 bridgehead atoms. The molecule has 0 unspecified atom stereocenters. The normalized spacial score (nSPS) is 11.8. The first kappa shape index (κ1) is 21.7. The summed E-state index contributed by atoms with van der Waals surface area (Å²) in [6, 6.07) is 12.1. The van der Waals surface area contributed by atoms with E-state index in [0.717, 1.165) is 27.6 Å². The van der Waals surface area contributed by atoms with Crippen molar-refractivity contribution in [2.75, 3.05) is 26.0 Å². The first-order chi connectivity index (χ1) is 13.2. The van der Waals surface area contributed by atoms with E-state index in [1.165, 1.54) is 32.3 Å². The molecule has 0 aliphatic heterocycles. The van der Waals surface area contributed by atoms with Gasteiger partial charge in [0.2, 0.25) is 15.9 Å². The van der Waals surface area contributed by atoms with E-state index >= 15 is 0 Å². The third-order valence-corrected chi connectivity index (χ3v) is 5.84. The van der Waals surface area contributed by atoms with E-state index in [4.69, 9.17) is 4.74 Å². The molecule has 28 heavy (non-hydrogen) atoms. The molecule has 2 rings (SSSR count). The summed E-state index contributed by atoms with van der Waals surface area (Å²) in [4.78, 5) is 12.4. The lowest BCUT2D eigenvalue weighted by molar-refractivity contribution is -0.111. The van der Waals surface area contributed by atoms with E-state index in [2.05, 4.69) is 5.32 Å². The second-order valence-electron chi connectivity index (χ2n) is 6.50. The summed E-state index contributed by atoms with van der Waals surface area (Å²) in [5.74, 6) is 0.451. The molecule has 2 aromatic carbocycles. The van der Waals surface area contributed by atoms with Crippen LogP contribution in [0.15, 0.2) is 53.4 Å². The summed E-state index contributed by atoms with van der Waals surface area (Å²) in [7, 11) is -0.632. The maximum Gasteiger partial charge on any atom is 0.248 e. The topological polar surface area (TPSA) is 75.7 Å². The molecule has 2 aromatic rings. The van der Waals surface area contributed by atoms with Crippen molar-refractivity contribution in [2.24, 2.45) is 0 Å². The Bertz CT molecular complexity index is 949. The fraction of sp³-hybridized carbons (Fsp3) is 0.286. The van der Waals surface area contributed by atoms with Crippen LogP contribution < -0.4 is 10.1 Å². The number of carbonyl (C=O) groups excluding carboxylic acids is 1. The number of nitrogens with zero attached hydrogens (tertiary/aromatic N) is 1. The van der Waals surface area contributed by atoms with Crippen LogP contribution in [-0.4, -0.2) is 39.3 Å². The van der Waals surface area contributed by atoms with Gasteiger partial charge in [-0.15, -0.1) is 0 Å². The van der Waals surface area contributed by atoms with Gasteiger partial charge < -0.3 is 10.1 Å². The molecule has 0 aliphatic rings. The van der Waals surface area contributed by atoms with E-state index in [9.17, 15) is 13.2 Å². The summed E-state index contributed by atoms with van der Waals surface area (Å²) in [5.41, 5.74) is 2.09. The molecule has 0 aromatic heterocycles. The lowest BCUT2D eigenvalue weighted by Crippen LogP contribution is -2.22. The minimum atomic E-state index is -3.57. The predicted octanol–water partition coefficient (Wildman–Crippen LogP) is 3.69. The van der Waals surface area contributed by atoms with Crippen LogP contribution in [-0.2, 0) is 14.8 Å². The van der Waals surface area contributed by atoms with Crippen LogP contribution in [0.3, 0.4) is 0 Å². The van der Waals surface area contributed by atoms with Crippen molar-refractivity contribution < 1.29 is 17.9 Å². The molecule has 0 spiro atoms. The van der Waals surface area contributed by atoms with Gasteiger partial charge in [0.25, 0.3) is 0 Å². The molecule has 1 amide bonds. The van der Waals surface area contributed by atoms with Crippen molar-refractivity contribution in [1.29, 1.82) is 0 Å². The van der Waals surface area contributed by atoms with Gasteiger partial charge in [-0.2, -0.15) is 0 Å². The Kier molecular flexibility index (Phi) is 7.37. The molecule has 7 heteroatoms. The van der Waals surface area contributed by atoms with Crippen molar-refractivity contribution in [2.45, 2.75) is 25.2 Å². The zero-order valence-electron chi connectivity index (χ0n) is 16.6. The number of carbonyl (C=O) groups is 1. The van der Waals surface area contributed by atoms with Gasteiger partial charge in [-0.05, 0) is 54.8 Å². The van der Waals surface area contributed by atoms with Crippen LogP contribution in [0.25, 0.3) is 6.08 Å². The highest BCUT2D eigenvalue weighted by Gasteiger charge is 2.18. The summed E-state index contributed by atoms with van der Waals surface area (Å²) < 4.78 is 31.2. The second-order valence-corrected chi connectivity index (χ2v) is 8.66. The Balaban J connectivity index is 2.09. The predicted molar refractivity (Wildman–Crippen MR) is 112 cm³/mol. The van der Waals surface area contributed by atoms with Crippen LogP contribution >= 0.6 is 0 Å². The largest absolute Gasteiger partial charge is 0.494 e. The average Bonchev–Trinajstić information content (AvgIpc) is 2.67. The first-order valence-corrected chi connectivity index (χ1v) is 10.4. The zero-order chi connectivity index (χ0) is 20.7. The third kappa shape index (κ3) is 5.68. The molecule has 1 N–H and O–H groups in total. The van der Waals surface area contributed by atoms with E-state index in [1.54, 1.807) is 19.1 Å². The van der Waals surface area contributed by atoms with Crippen molar-refractivity contribution in [3.05, 3.63) is 59.7 Å². The van der Waals surface area contributed by atoms with Crippen molar-refractivity contribution in [1.82, 2.24) is 4.31 Å². The Hall–Kier alpha value is -2.64. The summed E-state index contributed by atoms with van der Waals surface area (Å²) in [6.45, 7) is 4.52. The molecule has 0 atom stereocenters. The Morgan fingerprint density at radius 3 is 2.43 bits per heavy atom. The van der Waals surface area contributed by atoms with Crippen LogP contribution in [0, 0.1) is 6.92 Å². The van der Waals surface area contributed by atoms with Gasteiger partial charge in [-0.25, -0.2) is 12.7 Å². The lowest BCUT2D eigenvalue weighted by atomic mass is 10.2. The second kappa shape index (κ2) is 9.52. The fourth-order valence-corrected chi connectivity index (χ4v) is 3.28. The number of benzene rings is 2. The minimum Gasteiger partial charge on any atom is -0.494 e. The Morgan fingerprint density at radius 1 is 1.14 bits per heavy atom. The van der Waals surface area contributed by atoms with E-state index < -0.39 is 10.0 Å². The molecule has 0 fully saturated rings. The molecule has 0 radical (unpaired) electrons. The van der Waals surface area contributed by atoms with Crippen LogP contribution in [0.5, 0.6) is 5.75 Å². The maximum absolute atomic E-state index is 12.3. The number of aryl methyl sites for hydroxylation is 1. The maximum atomic E-state index is 12.3. The van der Waals surface area contributed by atoms with E-state index in [-0.39, 0.29) is 10.8 Å². The third-order valence-electron chi connectivity index (χ3n) is 4.03. The number of amides is 1. The van der Waals surface area contributed by atoms with Gasteiger partial charge >= 0.3 is 0 Å². The number of sulfonamides is 1. The molecular weight excluding hydrogens is 376 g/mol. The molecule has 0 saturated heterocycles. The van der Waals surface area contributed by atoms with Gasteiger partial charge in [-0.1, -0.05) is 25.1 Å². The van der Waals surface area contributed by atoms with E-state index in [0.29, 0.717) is 12.3 Å². The number of nitrogens with one attached hydrogen (secondary N) is 1. The Morgan fingerprint density at radius 2 is 1.82 bits per heavy atom. The number of hydrogen-bond acceptors (Lipinski definition) is 4. The van der Waals surface area contributed by atoms with Gasteiger partial charge in [0.15, 0.2) is 0 Å². The van der Waals surface area contributed by atoms with Gasteiger partial charge in [0.05, 0.1) is 11.5 Å². The van der Waals surface area contributed by atoms with Crippen LogP contribution in [0.1, 0.15) is 24.5 Å². The lowest BCUT2D eigenvalue weighted by Gasteiger charge is -2.14. The summed E-state index contributed by atoms with van der Waals surface area (Å²) in [6.07, 6.45) is 4.04. The minimum absolute atomic E-state index is 0.130. The summed E-state index contributed by atoms with van der Waals surface area (Å²) >= 11 is 0. The van der Waals surface area contributed by atoms with Gasteiger partial charge in [-0.3, -0.25) is 4.79 Å². The molecule has 6 nitrogen and oxygen atoms in total. The van der Waals surface area contributed by atoms with E-state index in [1.807, 2.05) is 31.2 Å². The molecular formula is C21H26N2O4S. The molecule has 0 saturated carbocycles. The standard InChI is InChI=1S/C21H26N2O4S/c1-5-14-27-18-10-7-17(8-11-18)9-13-21(24)22-20-15-19(12-6-16(20)2)28(25,26)23(3)4/h6-13,15H,5,14H2,1-4H3,(H,22,24)/b13-9+. The monoisotopic (exact) mass is 402 g/mol. The number of anilines is 1. The van der Waals surface area contributed by atoms with Gasteiger partial charge in [0, 0.05) is 25.9 Å². The number of hydrogen-bond donors (Lipinski definition) is 1. The number of ether oxygens (including phenoxy) is 1. The first-order valence-electron chi connectivity index (χ1n) is 8.99. The highest BCUT2D eigenvalue weighted by molar-refractivity contribution is 7.89. The molecule has 150 valence electrons. The zero-order valence-corrected chi connectivity index (χ0v) is 17.4. The highest BCUT2D eigenvalue weighted by atomic mass is 32.2. The average molecular weight is 403 g/mol. The molecule has 0 heterocycles. The van der Waals surface area contributed by atoms with Crippen molar-refractivity contribution in [3.8, 4) is 5.75 Å². The highest BCUT2D eigenvalue weighted by Crippen LogP contribution is 2.22. The van der Waals surface area contributed by atoms with Crippen molar-refractivity contribution in [3.63, 3.8) is 0 Å². The van der Waals surface area contributed by atoms with Gasteiger partial charge in [0.1, 0.15) is 5.75 Å². The molecule has 0 aliphatic carbocycles. The van der Waals surface area contributed by atoms with Crippen molar-refractivity contribution >= 4 is 27.7 Å². The van der Waals surface area contributed by atoms with Crippen LogP contribution in [0.4, 0.5) is 5.69 Å². The van der Waals surface area contributed by atoms with Crippen LogP contribution in [0.2, 0.25) is 0 Å². The number of rotatable bonds is 8.